The number of hydrogen-bond acceptors (Lipinski definition) is 1. The van der Waals surface area contributed by atoms with E-state index in [1.165, 1.54) is 0 Å². The lowest BCUT2D eigenvalue weighted by molar-refractivity contribution is 0.0165. The second-order valence-corrected chi connectivity index (χ2v) is 5.14. The highest BCUT2D eigenvalue weighted by atomic mass is 79.9. The van der Waals surface area contributed by atoms with Crippen LogP contribution in [0.25, 0.3) is 0 Å². The molecule has 1 nitrogen and oxygen atoms in total. The maximum Gasteiger partial charge on any atom is 0.262 e. The van der Waals surface area contributed by atoms with Crippen LogP contribution < -0.4 is 5.32 Å². The zero-order valence-electron chi connectivity index (χ0n) is 8.36. The third kappa shape index (κ3) is 2.21. The summed E-state index contributed by atoms with van der Waals surface area (Å²) in [5.41, 5.74) is 0.298. The molecule has 1 unspecified atom stereocenters. The summed E-state index contributed by atoms with van der Waals surface area (Å²) in [6.07, 6.45) is -0.137. The fourth-order valence-corrected chi connectivity index (χ4v) is 2.25. The highest BCUT2D eigenvalue weighted by Gasteiger charge is 2.47. The van der Waals surface area contributed by atoms with E-state index in [0.29, 0.717) is 0 Å². The van der Waals surface area contributed by atoms with E-state index in [2.05, 4.69) is 21.2 Å². The van der Waals surface area contributed by atoms with E-state index in [0.717, 1.165) is 10.0 Å². The van der Waals surface area contributed by atoms with Crippen LogP contribution in [-0.2, 0) is 5.54 Å². The molecule has 1 saturated heterocycles. The second kappa shape index (κ2) is 3.52. The van der Waals surface area contributed by atoms with E-state index in [9.17, 15) is 8.78 Å². The van der Waals surface area contributed by atoms with E-state index >= 15 is 0 Å². The summed E-state index contributed by atoms with van der Waals surface area (Å²) in [4.78, 5) is 0. The number of hydrogen-bond donors (Lipinski definition) is 1. The van der Waals surface area contributed by atoms with Crippen molar-refractivity contribution in [1.29, 1.82) is 0 Å². The van der Waals surface area contributed by atoms with Crippen LogP contribution in [0.1, 0.15) is 18.9 Å². The van der Waals surface area contributed by atoms with Crippen LogP contribution in [0.3, 0.4) is 0 Å². The van der Waals surface area contributed by atoms with Gasteiger partial charge in [0.25, 0.3) is 5.92 Å². The molecule has 0 bridgehead atoms. The summed E-state index contributed by atoms with van der Waals surface area (Å²) in [5, 5.41) is 2.89. The Bertz CT molecular complexity index is 363. The van der Waals surface area contributed by atoms with Crippen molar-refractivity contribution >= 4 is 15.9 Å². The molecule has 0 radical (unpaired) electrons. The van der Waals surface area contributed by atoms with Crippen molar-refractivity contribution in [3.05, 3.63) is 34.3 Å². The summed E-state index contributed by atoms with van der Waals surface area (Å²) < 4.78 is 27.2. The van der Waals surface area contributed by atoms with Gasteiger partial charge < -0.3 is 5.32 Å². The Hall–Kier alpha value is -0.480. The van der Waals surface area contributed by atoms with Crippen molar-refractivity contribution in [3.63, 3.8) is 0 Å². The molecule has 4 heteroatoms. The summed E-state index contributed by atoms with van der Waals surface area (Å²) in [6.45, 7) is 1.58. The molecule has 2 rings (SSSR count). The molecular weight excluding hydrogens is 264 g/mol. The van der Waals surface area contributed by atoms with Crippen LogP contribution in [0.4, 0.5) is 8.78 Å². The van der Waals surface area contributed by atoms with Crippen molar-refractivity contribution < 1.29 is 8.78 Å². The number of rotatable bonds is 1. The van der Waals surface area contributed by atoms with Gasteiger partial charge in [-0.05, 0) is 24.6 Å². The van der Waals surface area contributed by atoms with E-state index in [4.69, 9.17) is 0 Å². The molecule has 1 atom stereocenters. The van der Waals surface area contributed by atoms with Crippen molar-refractivity contribution in [3.8, 4) is 0 Å². The molecule has 1 fully saturated rings. The smallest absolute Gasteiger partial charge is 0.262 e. The van der Waals surface area contributed by atoms with Gasteiger partial charge in [0.05, 0.1) is 6.54 Å². The molecule has 1 aromatic rings. The minimum atomic E-state index is -2.60. The van der Waals surface area contributed by atoms with Crippen LogP contribution >= 0.6 is 15.9 Å². The SMILES string of the molecule is CC1(c2ccc(Br)cc2)CC(F)(F)CN1. The highest BCUT2D eigenvalue weighted by Crippen LogP contribution is 2.38. The summed E-state index contributed by atoms with van der Waals surface area (Å²) >= 11 is 3.33. The molecule has 0 aromatic heterocycles. The van der Waals surface area contributed by atoms with Crippen LogP contribution in [0.5, 0.6) is 0 Å². The molecule has 1 aliphatic heterocycles. The second-order valence-electron chi connectivity index (χ2n) is 4.23. The van der Waals surface area contributed by atoms with E-state index < -0.39 is 11.5 Å². The zero-order chi connectivity index (χ0) is 11.1. The normalized spacial score (nSPS) is 29.3. The van der Waals surface area contributed by atoms with Crippen LogP contribution in [0.15, 0.2) is 28.7 Å². The number of alkyl halides is 2. The van der Waals surface area contributed by atoms with E-state index in [-0.39, 0.29) is 13.0 Å². The first-order valence-corrected chi connectivity index (χ1v) is 5.60. The zero-order valence-corrected chi connectivity index (χ0v) is 9.94. The van der Waals surface area contributed by atoms with Gasteiger partial charge in [0.2, 0.25) is 0 Å². The maximum atomic E-state index is 13.1. The number of halogens is 3. The van der Waals surface area contributed by atoms with E-state index in [1.54, 1.807) is 0 Å². The van der Waals surface area contributed by atoms with Gasteiger partial charge in [-0.2, -0.15) is 0 Å². The third-order valence-electron chi connectivity index (χ3n) is 2.83. The Morgan fingerprint density at radius 3 is 2.33 bits per heavy atom. The lowest BCUT2D eigenvalue weighted by Crippen LogP contribution is -2.32. The number of nitrogens with one attached hydrogen (secondary N) is 1. The molecule has 0 aliphatic carbocycles. The lowest BCUT2D eigenvalue weighted by atomic mass is 9.90. The maximum absolute atomic E-state index is 13.1. The van der Waals surface area contributed by atoms with Crippen LogP contribution in [0.2, 0.25) is 0 Å². The Morgan fingerprint density at radius 1 is 1.27 bits per heavy atom. The molecule has 82 valence electrons. The van der Waals surface area contributed by atoms with Crippen molar-refractivity contribution in [2.75, 3.05) is 6.54 Å². The lowest BCUT2D eigenvalue weighted by Gasteiger charge is -2.24. The predicted octanol–water partition coefficient (Wildman–Crippen LogP) is 3.29. The Kier molecular flexibility index (Phi) is 2.59. The minimum absolute atomic E-state index is 0.137. The third-order valence-corrected chi connectivity index (χ3v) is 3.36. The van der Waals surface area contributed by atoms with Crippen molar-refractivity contribution in [2.45, 2.75) is 24.8 Å². The first-order valence-electron chi connectivity index (χ1n) is 4.80. The molecule has 0 spiro atoms. The quantitative estimate of drug-likeness (QED) is 0.830. The molecule has 1 N–H and O–H groups in total. The Balaban J connectivity index is 2.27. The van der Waals surface area contributed by atoms with Gasteiger partial charge in [0.15, 0.2) is 0 Å². The van der Waals surface area contributed by atoms with Gasteiger partial charge in [-0.15, -0.1) is 0 Å². The monoisotopic (exact) mass is 275 g/mol. The van der Waals surface area contributed by atoms with Gasteiger partial charge in [-0.3, -0.25) is 0 Å². The summed E-state index contributed by atoms with van der Waals surface area (Å²) in [6, 6.07) is 7.49. The predicted molar refractivity (Wildman–Crippen MR) is 59.1 cm³/mol. The molecule has 0 saturated carbocycles. The molecular formula is C11H12BrF2N. The average Bonchev–Trinajstić information content (AvgIpc) is 2.43. The van der Waals surface area contributed by atoms with Crippen LogP contribution in [0, 0.1) is 0 Å². The van der Waals surface area contributed by atoms with Gasteiger partial charge in [0, 0.05) is 16.4 Å². The first kappa shape index (κ1) is 11.0. The van der Waals surface area contributed by atoms with Gasteiger partial charge in [-0.25, -0.2) is 8.78 Å². The van der Waals surface area contributed by atoms with Gasteiger partial charge in [-0.1, -0.05) is 28.1 Å². The largest absolute Gasteiger partial charge is 0.302 e. The fourth-order valence-electron chi connectivity index (χ4n) is 1.99. The highest BCUT2D eigenvalue weighted by molar-refractivity contribution is 9.10. The fraction of sp³-hybridized carbons (Fsp3) is 0.455. The first-order chi connectivity index (χ1) is 6.91. The molecule has 1 aliphatic rings. The van der Waals surface area contributed by atoms with Crippen molar-refractivity contribution in [2.24, 2.45) is 0 Å². The van der Waals surface area contributed by atoms with Gasteiger partial charge >= 0.3 is 0 Å². The Labute approximate surface area is 96.0 Å². The summed E-state index contributed by atoms with van der Waals surface area (Å²) in [5.74, 6) is -2.60. The molecule has 1 heterocycles. The molecule has 0 amide bonds. The topological polar surface area (TPSA) is 12.0 Å². The summed E-state index contributed by atoms with van der Waals surface area (Å²) in [7, 11) is 0. The number of benzene rings is 1. The average molecular weight is 276 g/mol. The minimum Gasteiger partial charge on any atom is -0.302 e. The van der Waals surface area contributed by atoms with E-state index in [1.807, 2.05) is 31.2 Å². The molecule has 15 heavy (non-hydrogen) atoms. The molecule has 1 aromatic carbocycles. The Morgan fingerprint density at radius 2 is 1.87 bits per heavy atom. The van der Waals surface area contributed by atoms with Crippen LogP contribution in [-0.4, -0.2) is 12.5 Å². The standard InChI is InChI=1S/C11H12BrF2N/c1-10(6-11(13,14)7-15-10)8-2-4-9(12)5-3-8/h2-5,15H,6-7H2,1H3. The van der Waals surface area contributed by atoms with Crippen molar-refractivity contribution in [1.82, 2.24) is 5.32 Å². The van der Waals surface area contributed by atoms with Gasteiger partial charge in [0.1, 0.15) is 0 Å².